The number of hydrogen-bond donors (Lipinski definition) is 3. The number of nitrogens with one attached hydrogen (secondary N) is 2. The summed E-state index contributed by atoms with van der Waals surface area (Å²) < 4.78 is 0. The van der Waals surface area contributed by atoms with E-state index in [0.717, 1.165) is 11.1 Å². The third-order valence-corrected chi connectivity index (χ3v) is 2.78. The molecule has 5 heteroatoms. The molecule has 0 heterocycles. The van der Waals surface area contributed by atoms with Crippen molar-refractivity contribution in [1.82, 2.24) is 10.6 Å². The van der Waals surface area contributed by atoms with Crippen LogP contribution in [0, 0.1) is 6.92 Å². The fraction of sp³-hybridized carbons (Fsp3) is 0.429. The highest BCUT2D eigenvalue weighted by atomic mass is 16.4. The molecule has 1 aromatic rings. The molecule has 0 saturated heterocycles. The van der Waals surface area contributed by atoms with Crippen LogP contribution in [-0.2, 0) is 11.3 Å². The van der Waals surface area contributed by atoms with Gasteiger partial charge in [0.05, 0.1) is 6.42 Å². The Labute approximate surface area is 113 Å². The summed E-state index contributed by atoms with van der Waals surface area (Å²) in [6.07, 6.45) is 0.526. The Morgan fingerprint density at radius 2 is 2.11 bits per heavy atom. The van der Waals surface area contributed by atoms with Gasteiger partial charge in [-0.15, -0.1) is 0 Å². The van der Waals surface area contributed by atoms with Crippen molar-refractivity contribution >= 4 is 12.0 Å². The Hall–Kier alpha value is -2.04. The molecule has 19 heavy (non-hydrogen) atoms. The molecule has 1 aromatic carbocycles. The molecule has 0 saturated carbocycles. The van der Waals surface area contributed by atoms with E-state index >= 15 is 0 Å². The largest absolute Gasteiger partial charge is 0.481 e. The maximum atomic E-state index is 11.6. The summed E-state index contributed by atoms with van der Waals surface area (Å²) in [4.78, 5) is 22.2. The lowest BCUT2D eigenvalue weighted by molar-refractivity contribution is -0.137. The standard InChI is InChI=1S/C14H20N2O3/c1-3-12(8-13(17)18)16-14(19)15-9-11-6-4-5-10(2)7-11/h4-7,12H,3,8-9H2,1-2H3,(H,17,18)(H2,15,16,19). The van der Waals surface area contributed by atoms with E-state index in [1.165, 1.54) is 0 Å². The van der Waals surface area contributed by atoms with Gasteiger partial charge in [0.25, 0.3) is 0 Å². The maximum absolute atomic E-state index is 11.6. The molecule has 2 amide bonds. The summed E-state index contributed by atoms with van der Waals surface area (Å²) in [5.74, 6) is -0.911. The number of aliphatic carboxylic acids is 1. The van der Waals surface area contributed by atoms with Gasteiger partial charge in [-0.25, -0.2) is 4.79 Å². The highest BCUT2D eigenvalue weighted by Crippen LogP contribution is 2.03. The number of aryl methyl sites for hydroxylation is 1. The molecule has 0 aromatic heterocycles. The molecule has 0 spiro atoms. The zero-order chi connectivity index (χ0) is 14.3. The van der Waals surface area contributed by atoms with Crippen molar-refractivity contribution in [2.45, 2.75) is 39.3 Å². The van der Waals surface area contributed by atoms with Gasteiger partial charge in [-0.05, 0) is 18.9 Å². The lowest BCUT2D eigenvalue weighted by Gasteiger charge is -2.15. The van der Waals surface area contributed by atoms with E-state index < -0.39 is 5.97 Å². The number of carboxylic acids is 1. The lowest BCUT2D eigenvalue weighted by Crippen LogP contribution is -2.42. The zero-order valence-electron chi connectivity index (χ0n) is 11.3. The van der Waals surface area contributed by atoms with Gasteiger partial charge in [-0.3, -0.25) is 4.79 Å². The van der Waals surface area contributed by atoms with Crippen LogP contribution < -0.4 is 10.6 Å². The lowest BCUT2D eigenvalue weighted by atomic mass is 10.1. The molecular weight excluding hydrogens is 244 g/mol. The predicted octanol–water partition coefficient (Wildman–Crippen LogP) is 2.05. The number of carbonyl (C=O) groups is 2. The van der Waals surface area contributed by atoms with Crippen LogP contribution in [0.15, 0.2) is 24.3 Å². The number of rotatable bonds is 6. The molecule has 3 N–H and O–H groups in total. The van der Waals surface area contributed by atoms with Crippen LogP contribution in [-0.4, -0.2) is 23.1 Å². The average Bonchev–Trinajstić information content (AvgIpc) is 2.35. The maximum Gasteiger partial charge on any atom is 0.315 e. The molecule has 0 aliphatic heterocycles. The molecule has 5 nitrogen and oxygen atoms in total. The third kappa shape index (κ3) is 5.90. The van der Waals surface area contributed by atoms with E-state index in [2.05, 4.69) is 10.6 Å². The van der Waals surface area contributed by atoms with E-state index in [1.54, 1.807) is 0 Å². The highest BCUT2D eigenvalue weighted by molar-refractivity contribution is 5.75. The number of amides is 2. The average molecular weight is 264 g/mol. The summed E-state index contributed by atoms with van der Waals surface area (Å²) in [5, 5.41) is 14.1. The summed E-state index contributed by atoms with van der Waals surface area (Å²) in [6.45, 7) is 4.26. The van der Waals surface area contributed by atoms with Crippen molar-refractivity contribution in [3.05, 3.63) is 35.4 Å². The first-order chi connectivity index (χ1) is 9.01. The molecule has 0 fully saturated rings. The fourth-order valence-electron chi connectivity index (χ4n) is 1.75. The van der Waals surface area contributed by atoms with Gasteiger partial charge in [0.15, 0.2) is 0 Å². The van der Waals surface area contributed by atoms with Crippen molar-refractivity contribution in [1.29, 1.82) is 0 Å². The van der Waals surface area contributed by atoms with Crippen molar-refractivity contribution < 1.29 is 14.7 Å². The minimum atomic E-state index is -0.911. The molecule has 1 unspecified atom stereocenters. The van der Waals surface area contributed by atoms with Crippen molar-refractivity contribution in [2.75, 3.05) is 0 Å². The SMILES string of the molecule is CCC(CC(=O)O)NC(=O)NCc1cccc(C)c1. The van der Waals surface area contributed by atoms with Gasteiger partial charge in [0.2, 0.25) is 0 Å². The number of benzene rings is 1. The summed E-state index contributed by atoms with van der Waals surface area (Å²) in [6, 6.07) is 7.17. The fourth-order valence-corrected chi connectivity index (χ4v) is 1.75. The number of carbonyl (C=O) groups excluding carboxylic acids is 1. The second-order valence-corrected chi connectivity index (χ2v) is 4.52. The molecular formula is C14H20N2O3. The van der Waals surface area contributed by atoms with Crippen LogP contribution in [0.3, 0.4) is 0 Å². The number of hydrogen-bond acceptors (Lipinski definition) is 2. The second kappa shape index (κ2) is 7.41. The van der Waals surface area contributed by atoms with Gasteiger partial charge in [-0.1, -0.05) is 36.8 Å². The van der Waals surface area contributed by atoms with Crippen LogP contribution in [0.25, 0.3) is 0 Å². The Kier molecular flexibility index (Phi) is 5.85. The summed E-state index contributed by atoms with van der Waals surface area (Å²) in [7, 11) is 0. The molecule has 1 rings (SSSR count). The van der Waals surface area contributed by atoms with E-state index in [4.69, 9.17) is 5.11 Å². The number of carboxylic acid groups (broad SMARTS) is 1. The van der Waals surface area contributed by atoms with Crippen molar-refractivity contribution in [3.63, 3.8) is 0 Å². The first kappa shape index (κ1) is 15.0. The Bertz CT molecular complexity index is 446. The van der Waals surface area contributed by atoms with Crippen LogP contribution in [0.2, 0.25) is 0 Å². The molecule has 0 radical (unpaired) electrons. The van der Waals surface area contributed by atoms with E-state index in [9.17, 15) is 9.59 Å². The monoisotopic (exact) mass is 264 g/mol. The minimum absolute atomic E-state index is 0.0611. The van der Waals surface area contributed by atoms with Crippen LogP contribution in [0.5, 0.6) is 0 Å². The predicted molar refractivity (Wildman–Crippen MR) is 72.9 cm³/mol. The normalized spacial score (nSPS) is 11.7. The van der Waals surface area contributed by atoms with Crippen LogP contribution >= 0.6 is 0 Å². The van der Waals surface area contributed by atoms with Crippen LogP contribution in [0.1, 0.15) is 30.9 Å². The van der Waals surface area contributed by atoms with Gasteiger partial charge >= 0.3 is 12.0 Å². The zero-order valence-corrected chi connectivity index (χ0v) is 11.3. The smallest absolute Gasteiger partial charge is 0.315 e. The number of urea groups is 1. The van der Waals surface area contributed by atoms with E-state index in [-0.39, 0.29) is 18.5 Å². The topological polar surface area (TPSA) is 78.4 Å². The van der Waals surface area contributed by atoms with Crippen molar-refractivity contribution in [2.24, 2.45) is 0 Å². The Morgan fingerprint density at radius 3 is 2.68 bits per heavy atom. The van der Waals surface area contributed by atoms with Gasteiger partial charge in [0.1, 0.15) is 0 Å². The third-order valence-electron chi connectivity index (χ3n) is 2.78. The van der Waals surface area contributed by atoms with Gasteiger partial charge < -0.3 is 15.7 Å². The molecule has 0 bridgehead atoms. The van der Waals surface area contributed by atoms with E-state index in [1.807, 2.05) is 38.1 Å². The first-order valence-corrected chi connectivity index (χ1v) is 6.33. The molecule has 0 aliphatic carbocycles. The van der Waals surface area contributed by atoms with Crippen molar-refractivity contribution in [3.8, 4) is 0 Å². The quantitative estimate of drug-likeness (QED) is 0.735. The highest BCUT2D eigenvalue weighted by Gasteiger charge is 2.13. The molecule has 0 aliphatic rings. The van der Waals surface area contributed by atoms with Gasteiger partial charge in [-0.2, -0.15) is 0 Å². The van der Waals surface area contributed by atoms with E-state index in [0.29, 0.717) is 13.0 Å². The minimum Gasteiger partial charge on any atom is -0.481 e. The molecule has 1 atom stereocenters. The second-order valence-electron chi connectivity index (χ2n) is 4.52. The summed E-state index contributed by atoms with van der Waals surface area (Å²) >= 11 is 0. The van der Waals surface area contributed by atoms with Crippen LogP contribution in [0.4, 0.5) is 4.79 Å². The first-order valence-electron chi connectivity index (χ1n) is 6.33. The summed E-state index contributed by atoms with van der Waals surface area (Å²) in [5.41, 5.74) is 2.15. The Balaban J connectivity index is 2.40. The van der Waals surface area contributed by atoms with Gasteiger partial charge in [0, 0.05) is 12.6 Å². The Morgan fingerprint density at radius 1 is 1.37 bits per heavy atom. The molecule has 104 valence electrons.